The van der Waals surface area contributed by atoms with Crippen LogP contribution in [0.4, 0.5) is 16.2 Å². The first-order valence-corrected chi connectivity index (χ1v) is 20.6. The molecule has 13 nitrogen and oxygen atoms in total. The normalized spacial score (nSPS) is 12.3. The molecule has 3 amide bonds. The van der Waals surface area contributed by atoms with Gasteiger partial charge in [0.2, 0.25) is 0 Å². The highest BCUT2D eigenvalue weighted by Crippen LogP contribution is 2.40. The molecule has 5 aromatic carbocycles. The molecule has 318 valence electrons. The first-order chi connectivity index (χ1) is 28.8. The maximum absolute atomic E-state index is 14.4. The number of nitrogens with two attached hydrogens (primary N) is 1. The highest BCUT2D eigenvalue weighted by atomic mass is 35.5. The number of amides is 3. The summed E-state index contributed by atoms with van der Waals surface area (Å²) in [5, 5.41) is 22.7. The molecular formula is C46H48Cl2N6O7. The quantitative estimate of drug-likeness (QED) is 0.0752. The highest BCUT2D eigenvalue weighted by Gasteiger charge is 2.30. The Morgan fingerprint density at radius 3 is 2.18 bits per heavy atom. The van der Waals surface area contributed by atoms with Crippen LogP contribution in [0.3, 0.4) is 0 Å². The van der Waals surface area contributed by atoms with E-state index in [0.29, 0.717) is 23.1 Å². The van der Waals surface area contributed by atoms with Crippen molar-refractivity contribution >= 4 is 80.2 Å². The third-order valence-corrected chi connectivity index (χ3v) is 12.2. The molecule has 0 aliphatic carbocycles. The monoisotopic (exact) mass is 866 g/mol. The minimum Gasteiger partial charge on any atom is -0.506 e. The van der Waals surface area contributed by atoms with E-state index in [1.165, 1.54) is 49.0 Å². The number of benzene rings is 5. The molecule has 0 fully saturated rings. The van der Waals surface area contributed by atoms with Gasteiger partial charge in [0.05, 0.1) is 26.9 Å². The van der Waals surface area contributed by atoms with Gasteiger partial charge in [0.15, 0.2) is 6.10 Å². The molecule has 0 aliphatic heterocycles. The third-order valence-electron chi connectivity index (χ3n) is 11.4. The standard InChI is InChI=1S/C46H48Cl2N6O7/c1-9-37(60-38-19-16-25(45(4,5)10-2)20-31(38)46(6,7)11-3)42(57)50-26-17-18-35(53(8)44(59)54-36-24-33(48)32(47)23-34(36)51-52-54)29(21-26)43(58)61-39-22-30(41(49)56)40(55)28-15-13-12-14-27(28)39/h12-24,37,55H,9-11H2,1-8H3,(H2,49,56)(H,50,57). The van der Waals surface area contributed by atoms with Crippen molar-refractivity contribution in [2.45, 2.75) is 84.7 Å². The molecule has 1 aromatic heterocycles. The minimum absolute atomic E-state index is 0.0553. The van der Waals surface area contributed by atoms with E-state index in [1.807, 2.05) is 19.1 Å². The zero-order chi connectivity index (χ0) is 44.6. The number of fused-ring (bicyclic) bond motifs is 2. The second-order valence-corrected chi connectivity index (χ2v) is 16.9. The number of phenols is 1. The van der Waals surface area contributed by atoms with Crippen molar-refractivity contribution in [2.75, 3.05) is 17.3 Å². The lowest BCUT2D eigenvalue weighted by molar-refractivity contribution is -0.122. The second kappa shape index (κ2) is 17.4. The summed E-state index contributed by atoms with van der Waals surface area (Å²) in [4.78, 5) is 55.9. The summed E-state index contributed by atoms with van der Waals surface area (Å²) < 4.78 is 13.4. The van der Waals surface area contributed by atoms with Crippen molar-refractivity contribution in [3.05, 3.63) is 111 Å². The number of rotatable bonds is 13. The fourth-order valence-corrected chi connectivity index (χ4v) is 7.12. The van der Waals surface area contributed by atoms with Crippen LogP contribution in [0.25, 0.3) is 21.8 Å². The molecule has 0 aliphatic rings. The smallest absolute Gasteiger partial charge is 0.350 e. The van der Waals surface area contributed by atoms with Crippen LogP contribution in [0.15, 0.2) is 78.9 Å². The number of carbonyl (C=O) groups excluding carboxylic acids is 4. The number of esters is 1. The summed E-state index contributed by atoms with van der Waals surface area (Å²) in [6, 6.07) is 20.3. The number of ether oxygens (including phenoxy) is 2. The lowest BCUT2D eigenvalue weighted by Gasteiger charge is -2.31. The van der Waals surface area contributed by atoms with E-state index in [2.05, 4.69) is 63.2 Å². The second-order valence-electron chi connectivity index (χ2n) is 16.1. The van der Waals surface area contributed by atoms with Gasteiger partial charge in [-0.25, -0.2) is 9.59 Å². The Balaban J connectivity index is 1.38. The van der Waals surface area contributed by atoms with E-state index in [0.717, 1.165) is 28.0 Å². The predicted molar refractivity (Wildman–Crippen MR) is 239 cm³/mol. The SMILES string of the molecule is CCC(Oc1ccc(C(C)(C)CC)cc1C(C)(C)CC)C(=O)Nc1ccc(N(C)C(=O)n2nnc3cc(Cl)c(Cl)cc32)c(C(=O)Oc2cc(C(N)=O)c(O)c3ccccc23)c1. The van der Waals surface area contributed by atoms with Gasteiger partial charge >= 0.3 is 12.0 Å². The van der Waals surface area contributed by atoms with E-state index in [1.54, 1.807) is 24.3 Å². The number of hydrogen-bond acceptors (Lipinski definition) is 9. The van der Waals surface area contributed by atoms with E-state index >= 15 is 0 Å². The van der Waals surface area contributed by atoms with E-state index in [4.69, 9.17) is 38.4 Å². The Kier molecular flexibility index (Phi) is 12.7. The van der Waals surface area contributed by atoms with Crippen LogP contribution in [-0.2, 0) is 15.6 Å². The molecular weight excluding hydrogens is 819 g/mol. The van der Waals surface area contributed by atoms with Crippen molar-refractivity contribution in [3.8, 4) is 17.2 Å². The largest absolute Gasteiger partial charge is 0.506 e. The van der Waals surface area contributed by atoms with E-state index in [-0.39, 0.29) is 65.8 Å². The Morgan fingerprint density at radius 2 is 1.52 bits per heavy atom. The fourth-order valence-electron chi connectivity index (χ4n) is 6.80. The van der Waals surface area contributed by atoms with Crippen molar-refractivity contribution in [3.63, 3.8) is 0 Å². The van der Waals surface area contributed by atoms with Gasteiger partial charge in [-0.3, -0.25) is 14.5 Å². The van der Waals surface area contributed by atoms with Crippen LogP contribution in [0.1, 0.15) is 99.6 Å². The van der Waals surface area contributed by atoms with Crippen LogP contribution in [0.5, 0.6) is 17.2 Å². The van der Waals surface area contributed by atoms with Gasteiger partial charge in [-0.15, -0.1) is 5.10 Å². The molecule has 15 heteroatoms. The highest BCUT2D eigenvalue weighted by molar-refractivity contribution is 6.42. The van der Waals surface area contributed by atoms with Crippen LogP contribution in [0.2, 0.25) is 10.0 Å². The number of aromatic hydroxyl groups is 1. The topological polar surface area (TPSA) is 179 Å². The zero-order valence-corrected chi connectivity index (χ0v) is 36.7. The van der Waals surface area contributed by atoms with Gasteiger partial charge in [0, 0.05) is 29.1 Å². The molecule has 4 N–H and O–H groups in total. The molecule has 61 heavy (non-hydrogen) atoms. The lowest BCUT2D eigenvalue weighted by Crippen LogP contribution is -2.34. The van der Waals surface area contributed by atoms with Crippen LogP contribution in [-0.4, -0.2) is 57.1 Å². The van der Waals surface area contributed by atoms with E-state index < -0.39 is 29.9 Å². The first kappa shape index (κ1) is 44.4. The lowest BCUT2D eigenvalue weighted by atomic mass is 9.76. The summed E-state index contributed by atoms with van der Waals surface area (Å²) in [5.41, 5.74) is 7.80. The Labute approximate surface area is 363 Å². The summed E-state index contributed by atoms with van der Waals surface area (Å²) in [6.45, 7) is 14.8. The Morgan fingerprint density at radius 1 is 0.852 bits per heavy atom. The molecule has 1 unspecified atom stereocenters. The number of hydrogen-bond donors (Lipinski definition) is 3. The molecule has 0 bridgehead atoms. The molecule has 0 saturated heterocycles. The van der Waals surface area contributed by atoms with Gasteiger partial charge in [0.25, 0.3) is 11.8 Å². The number of nitrogens with zero attached hydrogens (tertiary/aromatic N) is 4. The number of halogens is 2. The number of carbonyl (C=O) groups is 4. The zero-order valence-electron chi connectivity index (χ0n) is 35.2. The minimum atomic E-state index is -0.972. The number of anilines is 2. The number of aromatic nitrogens is 3. The third kappa shape index (κ3) is 8.85. The molecule has 1 heterocycles. The first-order valence-electron chi connectivity index (χ1n) is 19.8. The maximum Gasteiger partial charge on any atom is 0.350 e. The van der Waals surface area contributed by atoms with Gasteiger partial charge in [-0.2, -0.15) is 4.68 Å². The molecule has 0 spiro atoms. The van der Waals surface area contributed by atoms with Gasteiger partial charge in [-0.1, -0.05) is 113 Å². The molecule has 6 rings (SSSR count). The summed E-state index contributed by atoms with van der Waals surface area (Å²) in [7, 11) is 1.42. The number of primary amides is 1. The average molecular weight is 868 g/mol. The van der Waals surface area contributed by atoms with E-state index in [9.17, 15) is 24.3 Å². The molecule has 6 aromatic rings. The van der Waals surface area contributed by atoms with Crippen molar-refractivity contribution in [1.82, 2.24) is 15.0 Å². The molecule has 1 atom stereocenters. The summed E-state index contributed by atoms with van der Waals surface area (Å²) in [6.07, 6.45) is 1.18. The fraction of sp³-hybridized carbons (Fsp3) is 0.304. The van der Waals surface area contributed by atoms with Crippen LogP contribution in [0, 0.1) is 0 Å². The maximum atomic E-state index is 14.4. The molecule has 0 saturated carbocycles. The Hall–Kier alpha value is -6.18. The van der Waals surface area contributed by atoms with Crippen molar-refractivity contribution in [1.29, 1.82) is 0 Å². The Bertz CT molecular complexity index is 2710. The summed E-state index contributed by atoms with van der Waals surface area (Å²) >= 11 is 12.4. The van der Waals surface area contributed by atoms with Gasteiger partial charge < -0.3 is 25.6 Å². The molecule has 0 radical (unpaired) electrons. The summed E-state index contributed by atoms with van der Waals surface area (Å²) in [5.74, 6) is -2.26. The average Bonchev–Trinajstić information content (AvgIpc) is 3.64. The predicted octanol–water partition coefficient (Wildman–Crippen LogP) is 10.2. The number of nitrogens with one attached hydrogen (secondary N) is 1. The van der Waals surface area contributed by atoms with Gasteiger partial charge in [0.1, 0.15) is 28.3 Å². The van der Waals surface area contributed by atoms with Crippen LogP contribution < -0.4 is 25.4 Å². The van der Waals surface area contributed by atoms with Crippen molar-refractivity contribution in [2.24, 2.45) is 5.73 Å². The van der Waals surface area contributed by atoms with Gasteiger partial charge in [-0.05, 0) is 78.1 Å². The van der Waals surface area contributed by atoms with Crippen molar-refractivity contribution < 1.29 is 33.8 Å². The van der Waals surface area contributed by atoms with Crippen LogP contribution >= 0.6 is 23.2 Å².